The minimum atomic E-state index is -0.877. The minimum absolute atomic E-state index is 0.203. The Balaban J connectivity index is 2.70. The lowest BCUT2D eigenvalue weighted by atomic mass is 10.1. The second-order valence-corrected chi connectivity index (χ2v) is 5.72. The fourth-order valence-electron chi connectivity index (χ4n) is 1.82. The molecule has 104 valence electrons. The first-order valence-electron chi connectivity index (χ1n) is 6.08. The second kappa shape index (κ2) is 5.56. The van der Waals surface area contributed by atoms with Gasteiger partial charge in [0.05, 0.1) is 5.92 Å². The summed E-state index contributed by atoms with van der Waals surface area (Å²) in [5.41, 5.74) is -0.561. The van der Waals surface area contributed by atoms with Gasteiger partial charge in [0, 0.05) is 26.2 Å². The Morgan fingerprint density at radius 2 is 1.83 bits per heavy atom. The van der Waals surface area contributed by atoms with Crippen LogP contribution in [0.1, 0.15) is 20.8 Å². The van der Waals surface area contributed by atoms with Crippen LogP contribution in [-0.4, -0.2) is 65.8 Å². The van der Waals surface area contributed by atoms with E-state index in [-0.39, 0.29) is 6.54 Å². The standard InChI is InChI=1S/C12H22N2O4/c1-12(2,3)18-11(17)14-6-5-13(4)7-9(8-14)10(15)16/h9H,5-8H2,1-4H3,(H,15,16). The van der Waals surface area contributed by atoms with Crippen LogP contribution in [0.3, 0.4) is 0 Å². The highest BCUT2D eigenvalue weighted by Crippen LogP contribution is 2.14. The summed E-state index contributed by atoms with van der Waals surface area (Å²) in [7, 11) is 1.86. The van der Waals surface area contributed by atoms with Crippen molar-refractivity contribution in [1.29, 1.82) is 0 Å². The Bertz CT molecular complexity index is 325. The maximum atomic E-state index is 11.9. The van der Waals surface area contributed by atoms with Gasteiger partial charge in [-0.1, -0.05) is 0 Å². The number of hydrogen-bond donors (Lipinski definition) is 1. The SMILES string of the molecule is CN1CCN(C(=O)OC(C)(C)C)CC(C(=O)O)C1. The van der Waals surface area contributed by atoms with Gasteiger partial charge in [0.15, 0.2) is 0 Å². The summed E-state index contributed by atoms with van der Waals surface area (Å²) in [6.45, 7) is 7.19. The van der Waals surface area contributed by atoms with Gasteiger partial charge >= 0.3 is 12.1 Å². The molecule has 6 nitrogen and oxygen atoms in total. The molecule has 1 N–H and O–H groups in total. The Hall–Kier alpha value is -1.30. The molecule has 18 heavy (non-hydrogen) atoms. The molecule has 0 spiro atoms. The number of ether oxygens (including phenoxy) is 1. The number of amides is 1. The van der Waals surface area contributed by atoms with Crippen LogP contribution in [0.2, 0.25) is 0 Å². The average molecular weight is 258 g/mol. The van der Waals surface area contributed by atoms with Crippen molar-refractivity contribution >= 4 is 12.1 Å². The lowest BCUT2D eigenvalue weighted by Gasteiger charge is -2.27. The molecule has 1 fully saturated rings. The van der Waals surface area contributed by atoms with Crippen LogP contribution in [0.4, 0.5) is 4.79 Å². The van der Waals surface area contributed by atoms with Crippen LogP contribution in [-0.2, 0) is 9.53 Å². The molecule has 0 aromatic rings. The first-order valence-corrected chi connectivity index (χ1v) is 6.08. The Morgan fingerprint density at radius 1 is 1.22 bits per heavy atom. The molecule has 0 aliphatic carbocycles. The third-order valence-electron chi connectivity index (χ3n) is 2.73. The Morgan fingerprint density at radius 3 is 2.33 bits per heavy atom. The molecule has 1 saturated heterocycles. The zero-order valence-electron chi connectivity index (χ0n) is 11.5. The highest BCUT2D eigenvalue weighted by molar-refractivity contribution is 5.73. The van der Waals surface area contributed by atoms with Crippen molar-refractivity contribution in [3.05, 3.63) is 0 Å². The van der Waals surface area contributed by atoms with Gasteiger partial charge in [0.2, 0.25) is 0 Å². The molecule has 0 radical (unpaired) electrons. The predicted molar refractivity (Wildman–Crippen MR) is 66.4 cm³/mol. The smallest absolute Gasteiger partial charge is 0.410 e. The van der Waals surface area contributed by atoms with Crippen molar-refractivity contribution in [3.8, 4) is 0 Å². The first kappa shape index (κ1) is 14.8. The van der Waals surface area contributed by atoms with E-state index in [2.05, 4.69) is 0 Å². The van der Waals surface area contributed by atoms with Gasteiger partial charge in [0.1, 0.15) is 5.60 Å². The normalized spacial score (nSPS) is 22.4. The fourth-order valence-corrected chi connectivity index (χ4v) is 1.82. The van der Waals surface area contributed by atoms with Crippen LogP contribution < -0.4 is 0 Å². The van der Waals surface area contributed by atoms with Gasteiger partial charge in [-0.05, 0) is 27.8 Å². The predicted octanol–water partition coefficient (Wildman–Crippen LogP) is 0.870. The van der Waals surface area contributed by atoms with E-state index in [1.807, 2.05) is 11.9 Å². The highest BCUT2D eigenvalue weighted by Gasteiger charge is 2.30. The van der Waals surface area contributed by atoms with E-state index in [9.17, 15) is 9.59 Å². The summed E-state index contributed by atoms with van der Waals surface area (Å²) < 4.78 is 5.27. The first-order chi connectivity index (χ1) is 8.19. The number of carboxylic acid groups (broad SMARTS) is 1. The van der Waals surface area contributed by atoms with E-state index in [0.29, 0.717) is 19.6 Å². The molecule has 1 heterocycles. The molecule has 1 rings (SSSR count). The van der Waals surface area contributed by atoms with Crippen LogP contribution in [0.5, 0.6) is 0 Å². The van der Waals surface area contributed by atoms with Crippen molar-refractivity contribution in [3.63, 3.8) is 0 Å². The van der Waals surface area contributed by atoms with E-state index in [4.69, 9.17) is 9.84 Å². The third-order valence-corrected chi connectivity index (χ3v) is 2.73. The van der Waals surface area contributed by atoms with E-state index in [1.165, 1.54) is 4.90 Å². The summed E-state index contributed by atoms with van der Waals surface area (Å²) in [6.07, 6.45) is -0.441. The molecule has 1 aliphatic rings. The molecular formula is C12H22N2O4. The summed E-state index contributed by atoms with van der Waals surface area (Å²) >= 11 is 0. The van der Waals surface area contributed by atoms with E-state index >= 15 is 0 Å². The van der Waals surface area contributed by atoms with Gasteiger partial charge < -0.3 is 19.6 Å². The van der Waals surface area contributed by atoms with Crippen LogP contribution in [0.25, 0.3) is 0 Å². The monoisotopic (exact) mass is 258 g/mol. The van der Waals surface area contributed by atoms with Crippen LogP contribution >= 0.6 is 0 Å². The Kier molecular flexibility index (Phi) is 4.56. The summed E-state index contributed by atoms with van der Waals surface area (Å²) in [4.78, 5) is 26.4. The van der Waals surface area contributed by atoms with Gasteiger partial charge in [-0.2, -0.15) is 0 Å². The maximum absolute atomic E-state index is 11.9. The van der Waals surface area contributed by atoms with Crippen molar-refractivity contribution in [1.82, 2.24) is 9.80 Å². The molecule has 0 aromatic carbocycles. The van der Waals surface area contributed by atoms with E-state index < -0.39 is 23.6 Å². The fraction of sp³-hybridized carbons (Fsp3) is 0.833. The largest absolute Gasteiger partial charge is 0.481 e. The number of hydrogen-bond acceptors (Lipinski definition) is 4. The number of carboxylic acids is 1. The van der Waals surface area contributed by atoms with Crippen LogP contribution in [0.15, 0.2) is 0 Å². The molecule has 0 bridgehead atoms. The van der Waals surface area contributed by atoms with E-state index in [0.717, 1.165) is 0 Å². The molecule has 1 aliphatic heterocycles. The lowest BCUT2D eigenvalue weighted by Crippen LogP contribution is -2.41. The quantitative estimate of drug-likeness (QED) is 0.755. The van der Waals surface area contributed by atoms with Crippen molar-refractivity contribution in [2.45, 2.75) is 26.4 Å². The van der Waals surface area contributed by atoms with Gasteiger partial charge in [0.25, 0.3) is 0 Å². The third kappa shape index (κ3) is 4.52. The number of aliphatic carboxylic acids is 1. The van der Waals surface area contributed by atoms with Crippen molar-refractivity contribution in [2.75, 3.05) is 33.2 Å². The second-order valence-electron chi connectivity index (χ2n) is 5.72. The zero-order valence-corrected chi connectivity index (χ0v) is 11.5. The maximum Gasteiger partial charge on any atom is 0.410 e. The number of carbonyl (C=O) groups is 2. The Labute approximate surface area is 107 Å². The molecule has 0 aromatic heterocycles. The number of rotatable bonds is 1. The average Bonchev–Trinajstić information content (AvgIpc) is 2.37. The molecule has 1 atom stereocenters. The zero-order chi connectivity index (χ0) is 13.9. The summed E-state index contributed by atoms with van der Waals surface area (Å²) in [6, 6.07) is 0. The molecule has 6 heteroatoms. The lowest BCUT2D eigenvalue weighted by molar-refractivity contribution is -0.142. The number of carbonyl (C=O) groups excluding carboxylic acids is 1. The molecule has 0 saturated carbocycles. The number of nitrogens with zero attached hydrogens (tertiary/aromatic N) is 2. The molecular weight excluding hydrogens is 236 g/mol. The minimum Gasteiger partial charge on any atom is -0.481 e. The molecule has 1 amide bonds. The van der Waals surface area contributed by atoms with Gasteiger partial charge in [-0.25, -0.2) is 4.79 Å². The summed E-state index contributed by atoms with van der Waals surface area (Å²) in [5.74, 6) is -1.44. The number of likely N-dealkylation sites (N-methyl/N-ethyl adjacent to an activating group) is 1. The van der Waals surface area contributed by atoms with E-state index in [1.54, 1.807) is 20.8 Å². The topological polar surface area (TPSA) is 70.1 Å². The van der Waals surface area contributed by atoms with Crippen molar-refractivity contribution < 1.29 is 19.4 Å². The highest BCUT2D eigenvalue weighted by atomic mass is 16.6. The molecule has 1 unspecified atom stereocenters. The summed E-state index contributed by atoms with van der Waals surface area (Å²) in [5, 5.41) is 9.11. The van der Waals surface area contributed by atoms with Crippen molar-refractivity contribution in [2.24, 2.45) is 5.92 Å². The van der Waals surface area contributed by atoms with Gasteiger partial charge in [-0.3, -0.25) is 4.79 Å². The van der Waals surface area contributed by atoms with Gasteiger partial charge in [-0.15, -0.1) is 0 Å². The van der Waals surface area contributed by atoms with Crippen LogP contribution in [0, 0.1) is 5.92 Å².